The highest BCUT2D eigenvalue weighted by Crippen LogP contribution is 2.52. The number of benzene rings is 8. The fourth-order valence-corrected chi connectivity index (χ4v) is 8.50. The molecule has 0 bridgehead atoms. The molecule has 1 heterocycles. The van der Waals surface area contributed by atoms with E-state index in [2.05, 4.69) is 214 Å². The maximum absolute atomic E-state index is 5.22. The van der Waals surface area contributed by atoms with Crippen molar-refractivity contribution >= 4 is 0 Å². The predicted molar refractivity (Wildman–Crippen MR) is 238 cm³/mol. The Morgan fingerprint density at radius 2 is 0.702 bits per heavy atom. The largest absolute Gasteiger partial charge is 0.228 e. The first-order valence-corrected chi connectivity index (χ1v) is 19.6. The van der Waals surface area contributed by atoms with E-state index < -0.39 is 0 Å². The third-order valence-electron chi connectivity index (χ3n) is 11.5. The second-order valence-electron chi connectivity index (χ2n) is 15.4. The highest BCUT2D eigenvalue weighted by atomic mass is 14.9. The summed E-state index contributed by atoms with van der Waals surface area (Å²) in [5, 5.41) is 0. The Morgan fingerprint density at radius 3 is 1.32 bits per heavy atom. The van der Waals surface area contributed by atoms with E-state index in [9.17, 15) is 0 Å². The lowest BCUT2D eigenvalue weighted by Crippen LogP contribution is -2.14. The maximum atomic E-state index is 5.22. The van der Waals surface area contributed by atoms with Crippen LogP contribution in [0.3, 0.4) is 0 Å². The molecule has 0 amide bonds. The Kier molecular flexibility index (Phi) is 8.53. The number of hydrogen-bond donors (Lipinski definition) is 0. The molecule has 0 saturated carbocycles. The van der Waals surface area contributed by atoms with Crippen LogP contribution < -0.4 is 0 Å². The van der Waals surface area contributed by atoms with E-state index in [0.29, 0.717) is 5.82 Å². The van der Waals surface area contributed by atoms with Gasteiger partial charge in [0, 0.05) is 22.1 Å². The minimum Gasteiger partial charge on any atom is -0.228 e. The van der Waals surface area contributed by atoms with Gasteiger partial charge < -0.3 is 0 Å². The number of fused-ring (bicyclic) bond motifs is 3. The quantitative estimate of drug-likeness (QED) is 0.163. The lowest BCUT2D eigenvalue weighted by Gasteiger charge is -2.21. The molecule has 9 aromatic rings. The van der Waals surface area contributed by atoms with Crippen LogP contribution in [-0.4, -0.2) is 9.97 Å². The highest BCUT2D eigenvalue weighted by Gasteiger charge is 2.36. The summed E-state index contributed by atoms with van der Waals surface area (Å²) in [6.45, 7) is 4.68. The molecular weight excluding hydrogens is 689 g/mol. The number of hydrogen-bond acceptors (Lipinski definition) is 2. The van der Waals surface area contributed by atoms with Crippen molar-refractivity contribution in [3.8, 4) is 89.5 Å². The fraction of sp³-hybridized carbons (Fsp3) is 0.0545. The first kappa shape index (κ1) is 34.3. The minimum atomic E-state index is -0.0284. The molecule has 2 heteroatoms. The molecule has 270 valence electrons. The van der Waals surface area contributed by atoms with Crippen molar-refractivity contribution in [1.29, 1.82) is 0 Å². The molecule has 0 atom stereocenters. The van der Waals surface area contributed by atoms with Crippen molar-refractivity contribution in [1.82, 2.24) is 9.97 Å². The van der Waals surface area contributed by atoms with Crippen LogP contribution in [0.15, 0.2) is 206 Å². The fourth-order valence-electron chi connectivity index (χ4n) is 8.50. The molecule has 0 radical (unpaired) electrons. The first-order valence-electron chi connectivity index (χ1n) is 19.6. The molecule has 0 spiro atoms. The normalized spacial score (nSPS) is 12.5. The van der Waals surface area contributed by atoms with Crippen LogP contribution >= 0.6 is 0 Å². The molecule has 0 saturated heterocycles. The molecule has 1 aliphatic carbocycles. The summed E-state index contributed by atoms with van der Waals surface area (Å²) >= 11 is 0. The van der Waals surface area contributed by atoms with Crippen molar-refractivity contribution in [2.75, 3.05) is 0 Å². The van der Waals surface area contributed by atoms with Gasteiger partial charge in [-0.2, -0.15) is 0 Å². The van der Waals surface area contributed by atoms with Gasteiger partial charge in [-0.05, 0) is 85.0 Å². The predicted octanol–water partition coefficient (Wildman–Crippen LogP) is 14.5. The van der Waals surface area contributed by atoms with Gasteiger partial charge in [0.2, 0.25) is 0 Å². The van der Waals surface area contributed by atoms with E-state index in [1.807, 2.05) is 6.07 Å². The van der Waals surface area contributed by atoms with E-state index >= 15 is 0 Å². The maximum Gasteiger partial charge on any atom is 0.160 e. The van der Waals surface area contributed by atoms with Gasteiger partial charge in [-0.3, -0.25) is 0 Å². The van der Waals surface area contributed by atoms with Crippen LogP contribution in [0.1, 0.15) is 25.0 Å². The summed E-state index contributed by atoms with van der Waals surface area (Å²) in [7, 11) is 0. The summed E-state index contributed by atoms with van der Waals surface area (Å²) in [6, 6.07) is 73.7. The Hall–Kier alpha value is -7.16. The second-order valence-corrected chi connectivity index (χ2v) is 15.4. The van der Waals surface area contributed by atoms with Crippen molar-refractivity contribution in [2.24, 2.45) is 0 Å². The topological polar surface area (TPSA) is 25.8 Å². The number of nitrogens with zero attached hydrogens (tertiary/aromatic N) is 2. The van der Waals surface area contributed by atoms with Crippen molar-refractivity contribution in [2.45, 2.75) is 19.3 Å². The van der Waals surface area contributed by atoms with Crippen molar-refractivity contribution in [3.05, 3.63) is 217 Å². The molecule has 8 aromatic carbocycles. The third kappa shape index (κ3) is 6.36. The van der Waals surface area contributed by atoms with Crippen LogP contribution in [0.25, 0.3) is 89.5 Å². The SMILES string of the molecule is CC1(C)c2ccccc2-c2c(-c3ccc(-c4cccc(-c5cc(-c6cccc(-c7ccccc7)c6)nc(-c6ccc(-c7ccccc7)cc6)n5)c4)cc3)cccc21. The molecule has 0 N–H and O–H groups in total. The van der Waals surface area contributed by atoms with Crippen molar-refractivity contribution in [3.63, 3.8) is 0 Å². The van der Waals surface area contributed by atoms with Crippen molar-refractivity contribution < 1.29 is 0 Å². The summed E-state index contributed by atoms with van der Waals surface area (Å²) < 4.78 is 0. The average Bonchev–Trinajstić information content (AvgIpc) is 3.53. The molecule has 1 aromatic heterocycles. The highest BCUT2D eigenvalue weighted by molar-refractivity contribution is 5.93. The van der Waals surface area contributed by atoms with Crippen LogP contribution in [0.4, 0.5) is 0 Å². The molecule has 10 rings (SSSR count). The zero-order chi connectivity index (χ0) is 38.3. The summed E-state index contributed by atoms with van der Waals surface area (Å²) in [5.74, 6) is 0.696. The van der Waals surface area contributed by atoms with Gasteiger partial charge in [-0.25, -0.2) is 9.97 Å². The summed E-state index contributed by atoms with van der Waals surface area (Å²) in [5.41, 5.74) is 19.8. The molecular formula is C55H40N2. The van der Waals surface area contributed by atoms with E-state index in [4.69, 9.17) is 9.97 Å². The van der Waals surface area contributed by atoms with Gasteiger partial charge in [0.05, 0.1) is 11.4 Å². The molecule has 0 unspecified atom stereocenters. The molecule has 57 heavy (non-hydrogen) atoms. The number of aromatic nitrogens is 2. The van der Waals surface area contributed by atoms with Crippen LogP contribution in [0, 0.1) is 0 Å². The molecule has 2 nitrogen and oxygen atoms in total. The van der Waals surface area contributed by atoms with Crippen LogP contribution in [-0.2, 0) is 5.41 Å². The lowest BCUT2D eigenvalue weighted by atomic mass is 9.82. The van der Waals surface area contributed by atoms with Gasteiger partial charge in [0.25, 0.3) is 0 Å². The second kappa shape index (κ2) is 14.2. The standard InChI is InChI=1S/C55H40N2/c1-55(2)49-24-10-9-22-48(49)53-47(23-13-25-50(53)55)41-30-26-40(27-31-41)44-19-12-21-46(35-44)52-36-51(45-20-11-18-43(34-45)38-16-7-4-8-17-38)56-54(57-52)42-32-28-39(29-33-42)37-14-5-3-6-15-37/h3-36H,1-2H3. The van der Waals surface area contributed by atoms with E-state index in [1.54, 1.807) is 0 Å². The lowest BCUT2D eigenvalue weighted by molar-refractivity contribution is 0.660. The average molecular weight is 729 g/mol. The third-order valence-corrected chi connectivity index (χ3v) is 11.5. The Balaban J connectivity index is 1.03. The Bertz CT molecular complexity index is 2890. The van der Waals surface area contributed by atoms with Gasteiger partial charge in [-0.15, -0.1) is 0 Å². The Labute approximate surface area is 334 Å². The first-order chi connectivity index (χ1) is 28.0. The number of rotatable bonds is 7. The smallest absolute Gasteiger partial charge is 0.160 e. The van der Waals surface area contributed by atoms with Gasteiger partial charge in [0.15, 0.2) is 5.82 Å². The van der Waals surface area contributed by atoms with Crippen LogP contribution in [0.2, 0.25) is 0 Å². The van der Waals surface area contributed by atoms with E-state index in [1.165, 1.54) is 44.5 Å². The van der Waals surface area contributed by atoms with Gasteiger partial charge in [-0.1, -0.05) is 202 Å². The Morgan fingerprint density at radius 1 is 0.298 bits per heavy atom. The molecule has 0 fully saturated rings. The zero-order valence-corrected chi connectivity index (χ0v) is 32.0. The molecule has 0 aliphatic heterocycles. The zero-order valence-electron chi connectivity index (χ0n) is 32.0. The van der Waals surface area contributed by atoms with E-state index in [0.717, 1.165) is 50.3 Å². The van der Waals surface area contributed by atoms with Gasteiger partial charge >= 0.3 is 0 Å². The monoisotopic (exact) mass is 728 g/mol. The molecule has 1 aliphatic rings. The minimum absolute atomic E-state index is 0.0284. The van der Waals surface area contributed by atoms with E-state index in [-0.39, 0.29) is 5.41 Å². The summed E-state index contributed by atoms with van der Waals surface area (Å²) in [4.78, 5) is 10.4. The van der Waals surface area contributed by atoms with Crippen LogP contribution in [0.5, 0.6) is 0 Å². The summed E-state index contributed by atoms with van der Waals surface area (Å²) in [6.07, 6.45) is 0. The van der Waals surface area contributed by atoms with Gasteiger partial charge in [0.1, 0.15) is 0 Å².